The summed E-state index contributed by atoms with van der Waals surface area (Å²) in [5.74, 6) is -0.224. The van der Waals surface area contributed by atoms with Gasteiger partial charge in [-0.15, -0.1) is 0 Å². The fourth-order valence-corrected chi connectivity index (χ4v) is 3.49. The number of anilines is 2. The van der Waals surface area contributed by atoms with Gasteiger partial charge in [-0.2, -0.15) is 0 Å². The number of carbonyl (C=O) groups is 1. The third kappa shape index (κ3) is 5.59. The molecule has 0 fully saturated rings. The van der Waals surface area contributed by atoms with E-state index >= 15 is 0 Å². The molecule has 0 atom stereocenters. The Bertz CT molecular complexity index is 839. The minimum absolute atomic E-state index is 0.0498. The van der Waals surface area contributed by atoms with E-state index in [9.17, 15) is 13.2 Å². The van der Waals surface area contributed by atoms with Gasteiger partial charge in [0.25, 0.3) is 0 Å². The maximum Gasteiger partial charge on any atom is 0.232 e. The van der Waals surface area contributed by atoms with Crippen molar-refractivity contribution in [2.75, 3.05) is 22.4 Å². The average molecular weight is 375 g/mol. The summed E-state index contributed by atoms with van der Waals surface area (Å²) >= 11 is 0. The number of hydrogen-bond acceptors (Lipinski definition) is 3. The Morgan fingerprint density at radius 1 is 1.00 bits per heavy atom. The minimum atomic E-state index is -3.46. The number of nitrogens with one attached hydrogen (secondary N) is 1. The number of para-hydroxylation sites is 1. The molecule has 0 bridgehead atoms. The molecule has 0 saturated carbocycles. The molecule has 0 spiro atoms. The van der Waals surface area contributed by atoms with Gasteiger partial charge in [0, 0.05) is 18.7 Å². The number of benzene rings is 2. The van der Waals surface area contributed by atoms with Crippen molar-refractivity contribution in [3.8, 4) is 0 Å². The van der Waals surface area contributed by atoms with E-state index < -0.39 is 10.0 Å². The Morgan fingerprint density at radius 3 is 2.08 bits per heavy atom. The zero-order chi connectivity index (χ0) is 19.4. The third-order valence-corrected chi connectivity index (χ3v) is 5.22. The smallest absolute Gasteiger partial charge is 0.232 e. The first-order chi connectivity index (χ1) is 12.1. The second-order valence-electron chi connectivity index (χ2n) is 7.30. The van der Waals surface area contributed by atoms with Crippen LogP contribution in [0.15, 0.2) is 54.6 Å². The van der Waals surface area contributed by atoms with E-state index in [-0.39, 0.29) is 24.3 Å². The summed E-state index contributed by atoms with van der Waals surface area (Å²) in [6, 6.07) is 16.5. The van der Waals surface area contributed by atoms with Crippen molar-refractivity contribution in [3.63, 3.8) is 0 Å². The van der Waals surface area contributed by atoms with Gasteiger partial charge in [0.15, 0.2) is 0 Å². The summed E-state index contributed by atoms with van der Waals surface area (Å²) in [5, 5.41) is 2.82. The first-order valence-electron chi connectivity index (χ1n) is 8.50. The molecule has 0 aromatic heterocycles. The fourth-order valence-electron chi connectivity index (χ4n) is 2.56. The second-order valence-corrected chi connectivity index (χ2v) is 9.20. The normalized spacial score (nSPS) is 11.8. The first kappa shape index (κ1) is 20.0. The van der Waals surface area contributed by atoms with Crippen molar-refractivity contribution in [1.29, 1.82) is 0 Å². The molecule has 6 heteroatoms. The molecule has 5 nitrogen and oxygen atoms in total. The summed E-state index contributed by atoms with van der Waals surface area (Å²) in [4.78, 5) is 12.2. The van der Waals surface area contributed by atoms with Gasteiger partial charge in [0.1, 0.15) is 0 Å². The van der Waals surface area contributed by atoms with Crippen LogP contribution in [-0.4, -0.2) is 27.1 Å². The van der Waals surface area contributed by atoms with Gasteiger partial charge < -0.3 is 5.32 Å². The Morgan fingerprint density at radius 2 is 1.58 bits per heavy atom. The van der Waals surface area contributed by atoms with Crippen molar-refractivity contribution in [2.24, 2.45) is 0 Å². The molecule has 0 heterocycles. The molecule has 0 saturated heterocycles. The van der Waals surface area contributed by atoms with Gasteiger partial charge in [-0.25, -0.2) is 8.42 Å². The van der Waals surface area contributed by atoms with E-state index in [1.165, 1.54) is 9.87 Å². The highest BCUT2D eigenvalue weighted by Gasteiger charge is 2.18. The predicted molar refractivity (Wildman–Crippen MR) is 107 cm³/mol. The zero-order valence-electron chi connectivity index (χ0n) is 15.7. The van der Waals surface area contributed by atoms with Crippen LogP contribution in [0.25, 0.3) is 0 Å². The van der Waals surface area contributed by atoms with Gasteiger partial charge in [-0.3, -0.25) is 9.10 Å². The van der Waals surface area contributed by atoms with Crippen molar-refractivity contribution < 1.29 is 13.2 Å². The van der Waals surface area contributed by atoms with E-state index in [4.69, 9.17) is 0 Å². The molecule has 0 unspecified atom stereocenters. The Balaban J connectivity index is 2.00. The van der Waals surface area contributed by atoms with Crippen LogP contribution >= 0.6 is 0 Å². The molecule has 1 N–H and O–H groups in total. The highest BCUT2D eigenvalue weighted by molar-refractivity contribution is 7.92. The topological polar surface area (TPSA) is 66.5 Å². The summed E-state index contributed by atoms with van der Waals surface area (Å²) in [5.41, 5.74) is 2.49. The summed E-state index contributed by atoms with van der Waals surface area (Å²) in [6.07, 6.45) is 1.21. The summed E-state index contributed by atoms with van der Waals surface area (Å²) in [7, 11) is -3.46. The van der Waals surface area contributed by atoms with Crippen LogP contribution in [0.2, 0.25) is 0 Å². The van der Waals surface area contributed by atoms with E-state index in [2.05, 4.69) is 26.1 Å². The average Bonchev–Trinajstić information content (AvgIpc) is 2.54. The monoisotopic (exact) mass is 374 g/mol. The van der Waals surface area contributed by atoms with Crippen LogP contribution in [0, 0.1) is 0 Å². The second kappa shape index (κ2) is 7.91. The molecule has 0 aliphatic carbocycles. The summed E-state index contributed by atoms with van der Waals surface area (Å²) in [6.45, 7) is 6.48. The number of nitrogens with zero attached hydrogens (tertiary/aromatic N) is 1. The summed E-state index contributed by atoms with van der Waals surface area (Å²) < 4.78 is 25.3. The Hall–Kier alpha value is -2.34. The minimum Gasteiger partial charge on any atom is -0.326 e. The Kier molecular flexibility index (Phi) is 6.08. The third-order valence-electron chi connectivity index (χ3n) is 4.02. The number of hydrogen-bond donors (Lipinski definition) is 1. The molecule has 0 aliphatic heterocycles. The lowest BCUT2D eigenvalue weighted by Gasteiger charge is -2.22. The lowest BCUT2D eigenvalue weighted by molar-refractivity contribution is -0.116. The molecule has 0 radical (unpaired) electrons. The number of carbonyl (C=O) groups excluding carboxylic acids is 1. The van der Waals surface area contributed by atoms with Crippen molar-refractivity contribution in [1.82, 2.24) is 0 Å². The molecule has 2 rings (SSSR count). The van der Waals surface area contributed by atoms with Gasteiger partial charge in [0.05, 0.1) is 11.9 Å². The fraction of sp³-hybridized carbons (Fsp3) is 0.350. The lowest BCUT2D eigenvalue weighted by atomic mass is 9.87. The van der Waals surface area contributed by atoms with E-state index in [1.807, 2.05) is 30.3 Å². The number of rotatable bonds is 6. The van der Waals surface area contributed by atoms with Crippen molar-refractivity contribution in [2.45, 2.75) is 32.6 Å². The Labute approximate surface area is 156 Å². The van der Waals surface area contributed by atoms with Crippen LogP contribution in [0.4, 0.5) is 11.4 Å². The van der Waals surface area contributed by atoms with Crippen LogP contribution in [0.3, 0.4) is 0 Å². The van der Waals surface area contributed by atoms with Crippen LogP contribution in [-0.2, 0) is 20.2 Å². The molecule has 2 aromatic rings. The largest absolute Gasteiger partial charge is 0.326 e. The number of amides is 1. The van der Waals surface area contributed by atoms with Crippen LogP contribution in [0.1, 0.15) is 32.8 Å². The molecule has 1 amide bonds. The van der Waals surface area contributed by atoms with Crippen LogP contribution in [0.5, 0.6) is 0 Å². The van der Waals surface area contributed by atoms with Gasteiger partial charge in [0.2, 0.25) is 15.9 Å². The molecule has 140 valence electrons. The van der Waals surface area contributed by atoms with Crippen molar-refractivity contribution in [3.05, 3.63) is 60.2 Å². The van der Waals surface area contributed by atoms with Crippen molar-refractivity contribution >= 4 is 27.3 Å². The highest BCUT2D eigenvalue weighted by atomic mass is 32.2. The van der Waals surface area contributed by atoms with Gasteiger partial charge in [-0.1, -0.05) is 51.1 Å². The molecular weight excluding hydrogens is 348 g/mol. The highest BCUT2D eigenvalue weighted by Crippen LogP contribution is 2.23. The predicted octanol–water partition coefficient (Wildman–Crippen LogP) is 3.78. The molecule has 26 heavy (non-hydrogen) atoms. The van der Waals surface area contributed by atoms with E-state index in [0.29, 0.717) is 11.4 Å². The van der Waals surface area contributed by atoms with E-state index in [1.54, 1.807) is 24.3 Å². The molecular formula is C20H26N2O3S. The first-order valence-corrected chi connectivity index (χ1v) is 10.4. The molecule has 2 aromatic carbocycles. The van der Waals surface area contributed by atoms with Gasteiger partial charge in [-0.05, 0) is 35.2 Å². The quantitative estimate of drug-likeness (QED) is 0.837. The van der Waals surface area contributed by atoms with E-state index in [0.717, 1.165) is 6.26 Å². The standard InChI is InChI=1S/C20H26N2O3S/c1-20(2,3)16-10-12-17(13-11-16)21-19(23)14-15-22(26(4,24)25)18-8-6-5-7-9-18/h5-13H,14-15H2,1-4H3,(H,21,23). The maximum absolute atomic E-state index is 12.2. The van der Waals surface area contributed by atoms with Gasteiger partial charge >= 0.3 is 0 Å². The zero-order valence-corrected chi connectivity index (χ0v) is 16.5. The van der Waals surface area contributed by atoms with Crippen LogP contribution < -0.4 is 9.62 Å². The number of sulfonamides is 1. The molecule has 0 aliphatic rings. The SMILES string of the molecule is CC(C)(C)c1ccc(NC(=O)CCN(c2ccccc2)S(C)(=O)=O)cc1. The maximum atomic E-state index is 12.2. The lowest BCUT2D eigenvalue weighted by Crippen LogP contribution is -2.33.